The molecule has 1 aliphatic carbocycles. The molecule has 1 heterocycles. The normalized spacial score (nSPS) is 18.9. The molecular formula is C22H23F3N4O5. The lowest BCUT2D eigenvalue weighted by Crippen LogP contribution is -2.42. The lowest BCUT2D eigenvalue weighted by Gasteiger charge is -2.16. The summed E-state index contributed by atoms with van der Waals surface area (Å²) in [5.74, 6) is -2.02. The van der Waals surface area contributed by atoms with Crippen LogP contribution in [0.25, 0.3) is 0 Å². The quantitative estimate of drug-likeness (QED) is 0.439. The Bertz CT molecular complexity index is 984. The van der Waals surface area contributed by atoms with Crippen LogP contribution in [0.5, 0.6) is 11.5 Å². The molecule has 0 bridgehead atoms. The molecule has 34 heavy (non-hydrogen) atoms. The molecule has 0 aromatic heterocycles. The Morgan fingerprint density at radius 1 is 1.21 bits per heavy atom. The van der Waals surface area contributed by atoms with E-state index < -0.39 is 36.6 Å². The number of alkyl halides is 3. The Morgan fingerprint density at radius 2 is 1.88 bits per heavy atom. The summed E-state index contributed by atoms with van der Waals surface area (Å²) in [5, 5.41) is 17.1. The number of carbonyl (C=O) groups excluding carboxylic acids is 3. The third-order valence-corrected chi connectivity index (χ3v) is 5.11. The summed E-state index contributed by atoms with van der Waals surface area (Å²) in [7, 11) is 0. The Balaban J connectivity index is 1.53. The second kappa shape index (κ2) is 10.9. The first-order chi connectivity index (χ1) is 16.1. The highest BCUT2D eigenvalue weighted by Crippen LogP contribution is 2.31. The number of ether oxygens (including phenoxy) is 2. The van der Waals surface area contributed by atoms with Crippen LogP contribution in [0.15, 0.2) is 36.0 Å². The van der Waals surface area contributed by atoms with Gasteiger partial charge in [0.15, 0.2) is 6.61 Å². The number of benzene rings is 1. The van der Waals surface area contributed by atoms with Gasteiger partial charge in [-0.1, -0.05) is 6.08 Å². The van der Waals surface area contributed by atoms with Gasteiger partial charge in [0.1, 0.15) is 23.2 Å². The van der Waals surface area contributed by atoms with Crippen LogP contribution in [-0.2, 0) is 14.4 Å². The number of nitrogens with zero attached hydrogens (tertiary/aromatic N) is 1. The van der Waals surface area contributed by atoms with Crippen molar-refractivity contribution in [3.8, 4) is 17.6 Å². The maximum absolute atomic E-state index is 12.7. The molecule has 2 atom stereocenters. The summed E-state index contributed by atoms with van der Waals surface area (Å²) in [6, 6.07) is 5.55. The molecule has 1 saturated carbocycles. The van der Waals surface area contributed by atoms with Crippen LogP contribution in [0.1, 0.15) is 25.7 Å². The summed E-state index contributed by atoms with van der Waals surface area (Å²) in [6.45, 7) is 0.0231. The second-order valence-electron chi connectivity index (χ2n) is 7.94. The SMILES string of the molecule is N#C[C@H](C[C@@H]1CCNC1=O)NC(=O)C(=CC1CC1)NC(=O)COc1ccc(OC(F)(F)F)cc1. The van der Waals surface area contributed by atoms with Gasteiger partial charge in [-0.2, -0.15) is 5.26 Å². The summed E-state index contributed by atoms with van der Waals surface area (Å²) >= 11 is 0. The van der Waals surface area contributed by atoms with Gasteiger partial charge in [0.25, 0.3) is 11.8 Å². The maximum Gasteiger partial charge on any atom is 0.573 e. The predicted octanol–water partition coefficient (Wildman–Crippen LogP) is 1.91. The highest BCUT2D eigenvalue weighted by molar-refractivity contribution is 5.98. The average molecular weight is 480 g/mol. The van der Waals surface area contributed by atoms with E-state index in [1.54, 1.807) is 6.08 Å². The largest absolute Gasteiger partial charge is 0.573 e. The zero-order valence-electron chi connectivity index (χ0n) is 18.0. The van der Waals surface area contributed by atoms with E-state index in [1.807, 2.05) is 6.07 Å². The zero-order chi connectivity index (χ0) is 24.7. The van der Waals surface area contributed by atoms with E-state index in [1.165, 1.54) is 12.1 Å². The third kappa shape index (κ3) is 7.99. The number of halogens is 3. The van der Waals surface area contributed by atoms with E-state index in [0.717, 1.165) is 25.0 Å². The van der Waals surface area contributed by atoms with Crippen LogP contribution in [0, 0.1) is 23.2 Å². The summed E-state index contributed by atoms with van der Waals surface area (Å²) < 4.78 is 45.7. The molecule has 3 amide bonds. The van der Waals surface area contributed by atoms with Crippen molar-refractivity contribution in [2.45, 2.75) is 38.1 Å². The van der Waals surface area contributed by atoms with Crippen molar-refractivity contribution >= 4 is 17.7 Å². The number of hydrogen-bond donors (Lipinski definition) is 3. The number of amides is 3. The fourth-order valence-corrected chi connectivity index (χ4v) is 3.28. The maximum atomic E-state index is 12.7. The van der Waals surface area contributed by atoms with E-state index in [0.29, 0.717) is 13.0 Å². The van der Waals surface area contributed by atoms with Gasteiger partial charge in [0.05, 0.1) is 6.07 Å². The number of nitrogens with one attached hydrogen (secondary N) is 3. The van der Waals surface area contributed by atoms with Gasteiger partial charge in [-0.05, 0) is 55.9 Å². The fraction of sp³-hybridized carbons (Fsp3) is 0.455. The molecule has 0 unspecified atom stereocenters. The zero-order valence-corrected chi connectivity index (χ0v) is 18.0. The first kappa shape index (κ1) is 24.9. The van der Waals surface area contributed by atoms with Gasteiger partial charge in [-0.3, -0.25) is 14.4 Å². The van der Waals surface area contributed by atoms with Crippen molar-refractivity contribution in [3.63, 3.8) is 0 Å². The fourth-order valence-electron chi connectivity index (χ4n) is 3.28. The first-order valence-corrected chi connectivity index (χ1v) is 10.6. The highest BCUT2D eigenvalue weighted by atomic mass is 19.4. The van der Waals surface area contributed by atoms with Crippen LogP contribution in [0.4, 0.5) is 13.2 Å². The minimum atomic E-state index is -4.82. The molecule has 2 aliphatic rings. The molecule has 12 heteroatoms. The van der Waals surface area contributed by atoms with Crippen molar-refractivity contribution in [2.75, 3.05) is 13.2 Å². The average Bonchev–Trinajstić information content (AvgIpc) is 3.51. The van der Waals surface area contributed by atoms with Crippen LogP contribution in [0.2, 0.25) is 0 Å². The Labute approximate surface area is 193 Å². The van der Waals surface area contributed by atoms with E-state index in [9.17, 15) is 32.8 Å². The van der Waals surface area contributed by atoms with Crippen molar-refractivity contribution in [1.82, 2.24) is 16.0 Å². The van der Waals surface area contributed by atoms with Crippen molar-refractivity contribution in [2.24, 2.45) is 11.8 Å². The monoisotopic (exact) mass is 480 g/mol. The molecule has 1 aliphatic heterocycles. The first-order valence-electron chi connectivity index (χ1n) is 10.6. The Hall–Kier alpha value is -3.75. The van der Waals surface area contributed by atoms with E-state index in [4.69, 9.17) is 4.74 Å². The number of carbonyl (C=O) groups is 3. The summed E-state index contributed by atoms with van der Waals surface area (Å²) in [5.41, 5.74) is -0.0267. The van der Waals surface area contributed by atoms with E-state index in [2.05, 4.69) is 20.7 Å². The molecule has 9 nitrogen and oxygen atoms in total. The topological polar surface area (TPSA) is 130 Å². The lowest BCUT2D eigenvalue weighted by atomic mass is 9.99. The van der Waals surface area contributed by atoms with Gasteiger partial charge in [-0.15, -0.1) is 13.2 Å². The van der Waals surface area contributed by atoms with Gasteiger partial charge in [-0.25, -0.2) is 0 Å². The predicted molar refractivity (Wildman–Crippen MR) is 111 cm³/mol. The second-order valence-corrected chi connectivity index (χ2v) is 7.94. The number of hydrogen-bond acceptors (Lipinski definition) is 6. The van der Waals surface area contributed by atoms with Crippen LogP contribution < -0.4 is 25.4 Å². The molecule has 1 aromatic carbocycles. The lowest BCUT2D eigenvalue weighted by molar-refractivity contribution is -0.274. The molecular weight excluding hydrogens is 457 g/mol. The van der Waals surface area contributed by atoms with E-state index >= 15 is 0 Å². The summed E-state index contributed by atoms with van der Waals surface area (Å²) in [6.07, 6.45) is -0.752. The van der Waals surface area contributed by atoms with Crippen LogP contribution >= 0.6 is 0 Å². The number of allylic oxidation sites excluding steroid dienone is 1. The molecule has 0 spiro atoms. The summed E-state index contributed by atoms with van der Waals surface area (Å²) in [4.78, 5) is 36.8. The van der Waals surface area contributed by atoms with E-state index in [-0.39, 0.29) is 35.6 Å². The Morgan fingerprint density at radius 3 is 2.44 bits per heavy atom. The molecule has 182 valence electrons. The molecule has 3 N–H and O–H groups in total. The van der Waals surface area contributed by atoms with Crippen molar-refractivity contribution in [1.29, 1.82) is 5.26 Å². The number of rotatable bonds is 10. The van der Waals surface area contributed by atoms with Gasteiger partial charge < -0.3 is 25.4 Å². The van der Waals surface area contributed by atoms with Crippen LogP contribution in [-0.4, -0.2) is 43.3 Å². The minimum Gasteiger partial charge on any atom is -0.484 e. The molecule has 1 aromatic rings. The van der Waals surface area contributed by atoms with Crippen LogP contribution in [0.3, 0.4) is 0 Å². The third-order valence-electron chi connectivity index (χ3n) is 5.11. The Kier molecular flexibility index (Phi) is 7.99. The standard InChI is InChI=1S/C22H23F3N4O5/c23-22(24,25)34-17-5-3-16(4-6-17)33-12-19(30)29-18(9-13-1-2-13)21(32)28-15(11-26)10-14-7-8-27-20(14)31/h3-6,9,13-15H,1-2,7-8,10,12H2,(H,27,31)(H,28,32)(H,29,30)/t14-,15-/m0/s1. The van der Waals surface area contributed by atoms with Gasteiger partial charge in [0.2, 0.25) is 5.91 Å². The van der Waals surface area contributed by atoms with Gasteiger partial charge in [0, 0.05) is 12.5 Å². The number of nitriles is 1. The highest BCUT2D eigenvalue weighted by Gasteiger charge is 2.31. The van der Waals surface area contributed by atoms with Crippen molar-refractivity contribution in [3.05, 3.63) is 36.0 Å². The van der Waals surface area contributed by atoms with Gasteiger partial charge >= 0.3 is 6.36 Å². The molecule has 2 fully saturated rings. The minimum absolute atomic E-state index is 0.0267. The molecule has 0 radical (unpaired) electrons. The smallest absolute Gasteiger partial charge is 0.484 e. The molecule has 1 saturated heterocycles. The molecule has 3 rings (SSSR count). The van der Waals surface area contributed by atoms with Crippen molar-refractivity contribution < 1.29 is 37.0 Å².